The van der Waals surface area contributed by atoms with Gasteiger partial charge < -0.3 is 69.7 Å². The van der Waals surface area contributed by atoms with Gasteiger partial charge in [0.05, 0.1) is 12.5 Å². The number of carbonyl (C=O) groups excluding carboxylic acids is 7. The van der Waals surface area contributed by atoms with Gasteiger partial charge in [-0.05, 0) is 73.2 Å². The predicted octanol–water partition coefficient (Wildman–Crippen LogP) is -0.511. The number of carboxylic acid groups (broad SMARTS) is 1. The maximum atomic E-state index is 14.6. The Morgan fingerprint density at radius 3 is 1.52 bits per heavy atom. The second-order valence-electron chi connectivity index (χ2n) is 16.2. The zero-order valence-electron chi connectivity index (χ0n) is 36.6. The highest BCUT2D eigenvalue weighted by Crippen LogP contribution is 2.22. The summed E-state index contributed by atoms with van der Waals surface area (Å²) in [6, 6.07) is 12.1. The van der Waals surface area contributed by atoms with Gasteiger partial charge in [-0.25, -0.2) is 0 Å². The van der Waals surface area contributed by atoms with Crippen molar-refractivity contribution in [3.8, 4) is 5.75 Å². The molecule has 5 aromatic rings. The van der Waals surface area contributed by atoms with Gasteiger partial charge in [-0.3, -0.25) is 38.4 Å². The van der Waals surface area contributed by atoms with Crippen molar-refractivity contribution in [1.82, 2.24) is 36.6 Å². The number of benzene rings is 3. The van der Waals surface area contributed by atoms with Gasteiger partial charge in [0, 0.05) is 59.9 Å². The lowest BCUT2D eigenvalue weighted by Crippen LogP contribution is -2.60. The molecule has 17 N–H and O–H groups in total. The minimum absolute atomic E-state index is 0.0234. The molecule has 0 spiro atoms. The van der Waals surface area contributed by atoms with E-state index in [4.69, 9.17) is 22.9 Å². The van der Waals surface area contributed by atoms with Gasteiger partial charge >= 0.3 is 5.97 Å². The average Bonchev–Trinajstić information content (AvgIpc) is 3.90. The zero-order chi connectivity index (χ0) is 48.6. The molecule has 2 aromatic heterocycles. The number of hydrogen-bond acceptors (Lipinski definition) is 11. The Kier molecular flexibility index (Phi) is 18.0. The van der Waals surface area contributed by atoms with E-state index >= 15 is 0 Å². The number of primary amides is 2. The zero-order valence-corrected chi connectivity index (χ0v) is 36.6. The quantitative estimate of drug-likeness (QED) is 0.0312. The molecule has 0 saturated carbocycles. The average molecular weight is 924 g/mol. The third kappa shape index (κ3) is 14.6. The molecule has 67 heavy (non-hydrogen) atoms. The van der Waals surface area contributed by atoms with Gasteiger partial charge in [0.25, 0.3) is 0 Å². The van der Waals surface area contributed by atoms with Crippen molar-refractivity contribution in [2.45, 2.75) is 94.0 Å². The summed E-state index contributed by atoms with van der Waals surface area (Å²) in [5.41, 5.74) is 25.8. The van der Waals surface area contributed by atoms with Crippen LogP contribution in [0.1, 0.15) is 55.2 Å². The molecule has 0 aliphatic rings. The Morgan fingerprint density at radius 2 is 1.03 bits per heavy atom. The summed E-state index contributed by atoms with van der Waals surface area (Å²) < 4.78 is 0. The van der Waals surface area contributed by atoms with Crippen LogP contribution in [-0.4, -0.2) is 110 Å². The summed E-state index contributed by atoms with van der Waals surface area (Å²) in [6.07, 6.45) is 2.50. The number of nitrogens with two attached hydrogens (primary N) is 4. The number of rotatable bonds is 26. The van der Waals surface area contributed by atoms with E-state index in [0.717, 1.165) is 21.8 Å². The number of aromatic nitrogens is 2. The smallest absolute Gasteiger partial charge is 0.303 e. The van der Waals surface area contributed by atoms with E-state index in [0.29, 0.717) is 29.5 Å². The van der Waals surface area contributed by atoms with Crippen LogP contribution < -0.4 is 49.5 Å². The van der Waals surface area contributed by atoms with Gasteiger partial charge in [-0.1, -0.05) is 48.5 Å². The Labute approximate surface area is 384 Å². The fraction of sp³-hybridized carbons (Fsp3) is 0.348. The highest BCUT2D eigenvalue weighted by atomic mass is 16.4. The number of nitrogens with one attached hydrogen (secondary N) is 7. The van der Waals surface area contributed by atoms with Crippen molar-refractivity contribution in [1.29, 1.82) is 0 Å². The number of unbranched alkanes of at least 4 members (excludes halogenated alkanes) is 1. The SMILES string of the molecule is NCCCC[C@H](NC(=O)[C@H](Cc1c[nH]c2ccccc12)NC(=O)[C@H](Cc1c[nH]c2ccccc12)NC(=O)[C@@H](N)CC(N)=O)C(=O)N[C@@H](Cc1ccc(O)cc1)C(=O)N[C@@H](CCC(=O)O)C(N)=O. The summed E-state index contributed by atoms with van der Waals surface area (Å²) in [4.78, 5) is 112. The molecule has 7 amide bonds. The van der Waals surface area contributed by atoms with Crippen LogP contribution in [0, 0.1) is 0 Å². The van der Waals surface area contributed by atoms with Crippen LogP contribution >= 0.6 is 0 Å². The van der Waals surface area contributed by atoms with Gasteiger partial charge in [-0.15, -0.1) is 0 Å². The number of aliphatic carboxylic acids is 1. The summed E-state index contributed by atoms with van der Waals surface area (Å²) in [5, 5.41) is 33.8. The molecule has 356 valence electrons. The lowest BCUT2D eigenvalue weighted by atomic mass is 10.00. The van der Waals surface area contributed by atoms with Crippen LogP contribution in [0.15, 0.2) is 85.2 Å². The first-order valence-corrected chi connectivity index (χ1v) is 21.7. The second-order valence-corrected chi connectivity index (χ2v) is 16.2. The number of phenols is 1. The van der Waals surface area contributed by atoms with E-state index < -0.39 is 96.4 Å². The second kappa shape index (κ2) is 23.9. The number of aromatic hydroxyl groups is 1. The molecular formula is C46H57N11O10. The minimum atomic E-state index is -1.41. The minimum Gasteiger partial charge on any atom is -0.508 e. The molecule has 0 unspecified atom stereocenters. The number of para-hydroxylation sites is 2. The first-order valence-electron chi connectivity index (χ1n) is 21.7. The van der Waals surface area contributed by atoms with Crippen LogP contribution in [-0.2, 0) is 57.6 Å². The summed E-state index contributed by atoms with van der Waals surface area (Å²) >= 11 is 0. The Bertz CT molecular complexity index is 2560. The van der Waals surface area contributed by atoms with Gasteiger partial charge in [0.2, 0.25) is 41.4 Å². The Balaban J connectivity index is 1.46. The van der Waals surface area contributed by atoms with Crippen LogP contribution in [0.2, 0.25) is 0 Å². The maximum absolute atomic E-state index is 14.6. The molecule has 0 saturated heterocycles. The molecule has 0 fully saturated rings. The number of aromatic amines is 2. The molecule has 0 aliphatic heterocycles. The van der Waals surface area contributed by atoms with Gasteiger partial charge in [0.1, 0.15) is 36.0 Å². The largest absolute Gasteiger partial charge is 0.508 e. The van der Waals surface area contributed by atoms with E-state index in [9.17, 15) is 48.6 Å². The topological polar surface area (TPSA) is 373 Å². The van der Waals surface area contributed by atoms with E-state index in [-0.39, 0.29) is 44.4 Å². The standard InChI is InChI=1S/C46H57N11O10/c47-18-6-5-11-35(43(64)56-36(19-25-12-14-28(58)15-13-25)44(65)53-34(41(50)62)16-17-40(60)61)54-45(66)38(21-27-24-52-33-10-4-2-8-30(27)33)57-46(67)37(55-42(63)31(48)22-39(49)59)20-26-23-51-32-9-3-1-7-29(26)32/h1-4,7-10,12-15,23-24,31,34-38,51-52,58H,5-6,11,16-22,47-48H2,(H2,49,59)(H2,50,62)(H,53,65)(H,54,66)(H,55,63)(H,56,64)(H,57,67)(H,60,61)/t31-,34-,35-,36-,37-,38-/m0/s1. The number of carbonyl (C=O) groups is 8. The normalized spacial score (nSPS) is 13.9. The van der Waals surface area contributed by atoms with Crippen molar-refractivity contribution in [2.75, 3.05) is 6.54 Å². The predicted molar refractivity (Wildman–Crippen MR) is 246 cm³/mol. The third-order valence-corrected chi connectivity index (χ3v) is 11.1. The lowest BCUT2D eigenvalue weighted by molar-refractivity contribution is -0.138. The van der Waals surface area contributed by atoms with E-state index in [1.807, 2.05) is 36.4 Å². The molecule has 2 heterocycles. The van der Waals surface area contributed by atoms with E-state index in [1.165, 1.54) is 24.3 Å². The van der Waals surface area contributed by atoms with Gasteiger partial charge in [0.15, 0.2) is 0 Å². The van der Waals surface area contributed by atoms with Crippen LogP contribution in [0.25, 0.3) is 21.8 Å². The maximum Gasteiger partial charge on any atom is 0.303 e. The molecule has 0 aliphatic carbocycles. The number of H-pyrrole nitrogens is 2. The molecule has 0 bridgehead atoms. The van der Waals surface area contributed by atoms with Crippen LogP contribution in [0.3, 0.4) is 0 Å². The van der Waals surface area contributed by atoms with Gasteiger partial charge in [-0.2, -0.15) is 0 Å². The number of carboxylic acids is 1. The molecule has 5 rings (SSSR count). The third-order valence-electron chi connectivity index (χ3n) is 11.1. The fourth-order valence-electron chi connectivity index (χ4n) is 7.53. The van der Waals surface area contributed by atoms with Crippen LogP contribution in [0.5, 0.6) is 5.75 Å². The van der Waals surface area contributed by atoms with Crippen molar-refractivity contribution in [2.24, 2.45) is 22.9 Å². The van der Waals surface area contributed by atoms with Crippen molar-refractivity contribution in [3.63, 3.8) is 0 Å². The highest BCUT2D eigenvalue weighted by Gasteiger charge is 2.34. The number of phenolic OH excluding ortho intramolecular Hbond substituents is 1. The van der Waals surface area contributed by atoms with E-state index in [2.05, 4.69) is 36.6 Å². The first-order chi connectivity index (χ1) is 32.0. The lowest BCUT2D eigenvalue weighted by Gasteiger charge is -2.27. The molecule has 21 nitrogen and oxygen atoms in total. The van der Waals surface area contributed by atoms with Crippen LogP contribution in [0.4, 0.5) is 0 Å². The Hall–Kier alpha value is -7.78. The molecule has 21 heteroatoms. The number of fused-ring (bicyclic) bond motifs is 2. The summed E-state index contributed by atoms with van der Waals surface area (Å²) in [6.45, 7) is 0.255. The van der Waals surface area contributed by atoms with E-state index in [1.54, 1.807) is 24.5 Å². The van der Waals surface area contributed by atoms with Crippen molar-refractivity contribution < 1.29 is 48.6 Å². The molecule has 0 radical (unpaired) electrons. The van der Waals surface area contributed by atoms with Crippen molar-refractivity contribution >= 4 is 69.1 Å². The first kappa shape index (κ1) is 50.2. The molecule has 6 atom stereocenters. The van der Waals surface area contributed by atoms with Crippen molar-refractivity contribution in [3.05, 3.63) is 102 Å². The number of amides is 7. The highest BCUT2D eigenvalue weighted by molar-refractivity contribution is 5.98. The number of hydrogen-bond donors (Lipinski definition) is 13. The monoisotopic (exact) mass is 923 g/mol. The summed E-state index contributed by atoms with van der Waals surface area (Å²) in [5.74, 6) is -7.29. The summed E-state index contributed by atoms with van der Waals surface area (Å²) in [7, 11) is 0. The molecule has 3 aromatic carbocycles. The Morgan fingerprint density at radius 1 is 0.567 bits per heavy atom. The fourth-order valence-corrected chi connectivity index (χ4v) is 7.53. The molecular weight excluding hydrogens is 867 g/mol.